The fraction of sp³-hybridized carbons (Fsp3) is 0.294. The van der Waals surface area contributed by atoms with Crippen LogP contribution in [0.3, 0.4) is 0 Å². The first-order valence-corrected chi connectivity index (χ1v) is 9.08. The monoisotopic (exact) mass is 355 g/mol. The molecule has 1 aliphatic carbocycles. The number of carbonyl (C=O) groups excluding carboxylic acids is 1. The largest absolute Gasteiger partial charge is 0.467 e. The van der Waals surface area contributed by atoms with Crippen LogP contribution in [-0.4, -0.2) is 26.1 Å². The van der Waals surface area contributed by atoms with Crippen molar-refractivity contribution in [1.82, 2.24) is 25.5 Å². The van der Waals surface area contributed by atoms with Gasteiger partial charge in [0.05, 0.1) is 18.8 Å². The van der Waals surface area contributed by atoms with Crippen LogP contribution < -0.4 is 5.32 Å². The van der Waals surface area contributed by atoms with Crippen molar-refractivity contribution in [1.29, 1.82) is 0 Å². The van der Waals surface area contributed by atoms with Crippen LogP contribution >= 0.6 is 11.8 Å². The van der Waals surface area contributed by atoms with E-state index in [2.05, 4.69) is 20.8 Å². The molecule has 0 atom stereocenters. The number of benzene rings is 1. The first kappa shape index (κ1) is 15.9. The van der Waals surface area contributed by atoms with Gasteiger partial charge in [0.15, 0.2) is 0 Å². The summed E-state index contributed by atoms with van der Waals surface area (Å²) in [7, 11) is 0. The minimum atomic E-state index is -0.119. The Balaban J connectivity index is 1.37. The number of aromatic nitrogens is 4. The summed E-state index contributed by atoms with van der Waals surface area (Å²) in [5, 5.41) is 15.6. The Hall–Kier alpha value is -2.61. The molecule has 2 heterocycles. The van der Waals surface area contributed by atoms with Gasteiger partial charge in [-0.15, -0.1) is 5.10 Å². The topological polar surface area (TPSA) is 85.8 Å². The highest BCUT2D eigenvalue weighted by molar-refractivity contribution is 7.98. The van der Waals surface area contributed by atoms with Crippen LogP contribution in [0, 0.1) is 0 Å². The third-order valence-corrected chi connectivity index (χ3v) is 4.92. The smallest absolute Gasteiger partial charge is 0.251 e. The van der Waals surface area contributed by atoms with E-state index in [0.717, 1.165) is 29.3 Å². The molecule has 0 bridgehead atoms. The number of hydrogen-bond acceptors (Lipinski definition) is 6. The maximum Gasteiger partial charge on any atom is 0.251 e. The SMILES string of the molecule is O=C(NCc1ccco1)c1cccc(CSc2nnnn2C2CC2)c1. The minimum absolute atomic E-state index is 0.119. The first-order chi connectivity index (χ1) is 12.3. The normalized spacial score (nSPS) is 13.8. The number of nitrogens with zero attached hydrogens (tertiary/aromatic N) is 4. The average molecular weight is 355 g/mol. The minimum Gasteiger partial charge on any atom is -0.467 e. The van der Waals surface area contributed by atoms with E-state index in [9.17, 15) is 4.79 Å². The molecular formula is C17H17N5O2S. The van der Waals surface area contributed by atoms with Crippen LogP contribution in [0.25, 0.3) is 0 Å². The zero-order valence-electron chi connectivity index (χ0n) is 13.5. The van der Waals surface area contributed by atoms with Gasteiger partial charge in [0, 0.05) is 11.3 Å². The summed E-state index contributed by atoms with van der Waals surface area (Å²) in [6, 6.07) is 11.7. The molecule has 1 amide bonds. The number of rotatable bonds is 7. The second-order valence-corrected chi connectivity index (χ2v) is 6.83. The summed E-state index contributed by atoms with van der Waals surface area (Å²) >= 11 is 1.59. The molecule has 1 N–H and O–H groups in total. The van der Waals surface area contributed by atoms with Gasteiger partial charge in [-0.2, -0.15) is 0 Å². The number of carbonyl (C=O) groups is 1. The van der Waals surface area contributed by atoms with E-state index in [4.69, 9.17) is 4.42 Å². The van der Waals surface area contributed by atoms with Gasteiger partial charge in [-0.05, 0) is 53.1 Å². The molecule has 0 saturated heterocycles. The van der Waals surface area contributed by atoms with Crippen molar-refractivity contribution >= 4 is 17.7 Å². The van der Waals surface area contributed by atoms with Crippen LogP contribution in [-0.2, 0) is 12.3 Å². The summed E-state index contributed by atoms with van der Waals surface area (Å²) in [5.74, 6) is 1.32. The molecular weight excluding hydrogens is 338 g/mol. The number of tetrazole rings is 1. The van der Waals surface area contributed by atoms with E-state index >= 15 is 0 Å². The summed E-state index contributed by atoms with van der Waals surface area (Å²) in [6.45, 7) is 0.376. The predicted octanol–water partition coefficient (Wildman–Crippen LogP) is 2.82. The Morgan fingerprint density at radius 3 is 3.04 bits per heavy atom. The molecule has 128 valence electrons. The van der Waals surface area contributed by atoms with Crippen LogP contribution in [0.1, 0.15) is 40.6 Å². The lowest BCUT2D eigenvalue weighted by Gasteiger charge is -2.06. The van der Waals surface area contributed by atoms with E-state index in [-0.39, 0.29) is 5.91 Å². The Morgan fingerprint density at radius 2 is 2.24 bits per heavy atom. The van der Waals surface area contributed by atoms with Crippen molar-refractivity contribution in [3.8, 4) is 0 Å². The lowest BCUT2D eigenvalue weighted by Crippen LogP contribution is -2.22. The van der Waals surface area contributed by atoms with Crippen molar-refractivity contribution in [2.24, 2.45) is 0 Å². The molecule has 2 aromatic heterocycles. The number of nitrogens with one attached hydrogen (secondary N) is 1. The molecule has 0 spiro atoms. The van der Waals surface area contributed by atoms with E-state index in [0.29, 0.717) is 23.9 Å². The number of amides is 1. The lowest BCUT2D eigenvalue weighted by atomic mass is 10.1. The molecule has 3 aromatic rings. The van der Waals surface area contributed by atoms with E-state index < -0.39 is 0 Å². The fourth-order valence-corrected chi connectivity index (χ4v) is 3.35. The number of thioether (sulfide) groups is 1. The number of hydrogen-bond donors (Lipinski definition) is 1. The van der Waals surface area contributed by atoms with E-state index in [1.54, 1.807) is 30.2 Å². The predicted molar refractivity (Wildman–Crippen MR) is 92.0 cm³/mol. The molecule has 0 radical (unpaired) electrons. The Morgan fingerprint density at radius 1 is 1.32 bits per heavy atom. The number of furan rings is 1. The van der Waals surface area contributed by atoms with Crippen LogP contribution in [0.4, 0.5) is 0 Å². The Bertz CT molecular complexity index is 858. The second-order valence-electron chi connectivity index (χ2n) is 5.89. The van der Waals surface area contributed by atoms with Crippen LogP contribution in [0.15, 0.2) is 52.2 Å². The molecule has 0 unspecified atom stereocenters. The summed E-state index contributed by atoms with van der Waals surface area (Å²) in [6.07, 6.45) is 3.88. The van der Waals surface area contributed by atoms with Gasteiger partial charge in [0.1, 0.15) is 5.76 Å². The summed E-state index contributed by atoms with van der Waals surface area (Å²) < 4.78 is 7.11. The highest BCUT2D eigenvalue weighted by atomic mass is 32.2. The van der Waals surface area contributed by atoms with Gasteiger partial charge in [0.2, 0.25) is 5.16 Å². The fourth-order valence-electron chi connectivity index (χ4n) is 2.46. The zero-order valence-corrected chi connectivity index (χ0v) is 14.3. The van der Waals surface area contributed by atoms with Crippen molar-refractivity contribution < 1.29 is 9.21 Å². The quantitative estimate of drug-likeness (QED) is 0.656. The van der Waals surface area contributed by atoms with Crippen molar-refractivity contribution in [3.05, 3.63) is 59.5 Å². The summed E-state index contributed by atoms with van der Waals surface area (Å²) in [4.78, 5) is 12.3. The van der Waals surface area contributed by atoms with E-state index in [1.807, 2.05) is 28.9 Å². The molecule has 1 fully saturated rings. The summed E-state index contributed by atoms with van der Waals surface area (Å²) in [5.41, 5.74) is 1.69. The molecule has 25 heavy (non-hydrogen) atoms. The van der Waals surface area contributed by atoms with Gasteiger partial charge in [-0.3, -0.25) is 4.79 Å². The molecule has 0 aliphatic heterocycles. The third kappa shape index (κ3) is 3.90. The van der Waals surface area contributed by atoms with Gasteiger partial charge < -0.3 is 9.73 Å². The Labute approximate surface area is 148 Å². The molecule has 1 aromatic carbocycles. The zero-order chi connectivity index (χ0) is 17.1. The van der Waals surface area contributed by atoms with Gasteiger partial charge in [-0.1, -0.05) is 23.9 Å². The van der Waals surface area contributed by atoms with Crippen molar-refractivity contribution in [2.75, 3.05) is 0 Å². The molecule has 4 rings (SSSR count). The maximum atomic E-state index is 12.3. The third-order valence-electron chi connectivity index (χ3n) is 3.92. The first-order valence-electron chi connectivity index (χ1n) is 8.10. The average Bonchev–Trinajstić information content (AvgIpc) is 3.15. The van der Waals surface area contributed by atoms with Gasteiger partial charge in [-0.25, -0.2) is 4.68 Å². The Kier molecular flexibility index (Phi) is 4.51. The molecule has 8 heteroatoms. The second kappa shape index (κ2) is 7.10. The molecule has 1 saturated carbocycles. The van der Waals surface area contributed by atoms with Gasteiger partial charge >= 0.3 is 0 Å². The van der Waals surface area contributed by atoms with E-state index in [1.165, 1.54) is 0 Å². The van der Waals surface area contributed by atoms with Gasteiger partial charge in [0.25, 0.3) is 5.91 Å². The standard InChI is InChI=1S/C17H17N5O2S/c23-16(18-10-15-5-2-8-24-15)13-4-1-3-12(9-13)11-25-17-19-20-21-22(17)14-6-7-14/h1-5,8-9,14H,6-7,10-11H2,(H,18,23). The highest BCUT2D eigenvalue weighted by Crippen LogP contribution is 2.36. The molecule has 7 nitrogen and oxygen atoms in total. The highest BCUT2D eigenvalue weighted by Gasteiger charge is 2.27. The van der Waals surface area contributed by atoms with Crippen molar-refractivity contribution in [2.45, 2.75) is 36.3 Å². The van der Waals surface area contributed by atoms with Crippen LogP contribution in [0.5, 0.6) is 0 Å². The van der Waals surface area contributed by atoms with Crippen molar-refractivity contribution in [3.63, 3.8) is 0 Å². The lowest BCUT2D eigenvalue weighted by molar-refractivity contribution is 0.0948. The molecule has 1 aliphatic rings. The maximum absolute atomic E-state index is 12.3. The van der Waals surface area contributed by atoms with Crippen LogP contribution in [0.2, 0.25) is 0 Å².